The lowest BCUT2D eigenvalue weighted by molar-refractivity contribution is -0.154. The van der Waals surface area contributed by atoms with Gasteiger partial charge in [0.1, 0.15) is 5.38 Å². The third-order valence-corrected chi connectivity index (χ3v) is 5.19. The number of esters is 1. The first kappa shape index (κ1) is 11.8. The maximum atomic E-state index is 11.5. The van der Waals surface area contributed by atoms with Gasteiger partial charge in [-0.25, -0.2) is 0 Å². The van der Waals surface area contributed by atoms with E-state index in [4.69, 9.17) is 16.3 Å². The number of alkyl halides is 1. The summed E-state index contributed by atoms with van der Waals surface area (Å²) in [6.45, 7) is 2.30. The minimum absolute atomic E-state index is 0.248. The fraction of sp³-hybridized carbons (Fsp3) is 0.929. The number of carbonyl (C=O) groups is 1. The van der Waals surface area contributed by atoms with Crippen molar-refractivity contribution in [3.8, 4) is 0 Å². The summed E-state index contributed by atoms with van der Waals surface area (Å²) in [7, 11) is 0. The first-order chi connectivity index (χ1) is 8.06. The molecular weight excluding hydrogens is 236 g/mol. The van der Waals surface area contributed by atoms with Crippen LogP contribution in [0.2, 0.25) is 0 Å². The lowest BCUT2D eigenvalue weighted by Gasteiger charge is -2.56. The van der Waals surface area contributed by atoms with E-state index >= 15 is 0 Å². The van der Waals surface area contributed by atoms with Gasteiger partial charge >= 0.3 is 5.97 Å². The van der Waals surface area contributed by atoms with Crippen LogP contribution in [0.1, 0.15) is 45.4 Å². The predicted octanol–water partition coefficient (Wildman–Crippen LogP) is 3.37. The molecule has 4 fully saturated rings. The van der Waals surface area contributed by atoms with Gasteiger partial charge in [0.25, 0.3) is 0 Å². The Bertz CT molecular complexity index is 289. The quantitative estimate of drug-likeness (QED) is 0.572. The van der Waals surface area contributed by atoms with Crippen molar-refractivity contribution in [2.24, 2.45) is 23.2 Å². The molecule has 0 aromatic carbocycles. The summed E-state index contributed by atoms with van der Waals surface area (Å²) in [6.07, 6.45) is 8.13. The van der Waals surface area contributed by atoms with Gasteiger partial charge in [-0.2, -0.15) is 0 Å². The molecule has 0 aliphatic heterocycles. The van der Waals surface area contributed by atoms with E-state index in [-0.39, 0.29) is 5.97 Å². The van der Waals surface area contributed by atoms with Gasteiger partial charge in [0.05, 0.1) is 6.61 Å². The van der Waals surface area contributed by atoms with E-state index in [1.165, 1.54) is 38.5 Å². The van der Waals surface area contributed by atoms with Gasteiger partial charge in [-0.1, -0.05) is 0 Å². The summed E-state index contributed by atoms with van der Waals surface area (Å²) in [5, 5.41) is -0.510. The van der Waals surface area contributed by atoms with Crippen molar-refractivity contribution in [1.29, 1.82) is 0 Å². The Balaban J connectivity index is 1.64. The van der Waals surface area contributed by atoms with E-state index in [2.05, 4.69) is 0 Å². The fourth-order valence-corrected chi connectivity index (χ4v) is 4.87. The molecule has 4 saturated carbocycles. The average Bonchev–Trinajstić information content (AvgIpc) is 2.24. The Morgan fingerprint density at radius 2 is 1.71 bits per heavy atom. The lowest BCUT2D eigenvalue weighted by atomic mass is 9.50. The number of carbonyl (C=O) groups excluding carboxylic acids is 1. The van der Waals surface area contributed by atoms with Crippen LogP contribution in [0.4, 0.5) is 0 Å². The molecule has 0 aromatic rings. The first-order valence-corrected chi connectivity index (χ1v) is 7.31. The van der Waals surface area contributed by atoms with Crippen LogP contribution in [0.3, 0.4) is 0 Å². The Labute approximate surface area is 108 Å². The van der Waals surface area contributed by atoms with Crippen molar-refractivity contribution in [2.75, 3.05) is 6.61 Å². The Kier molecular flexibility index (Phi) is 2.89. The van der Waals surface area contributed by atoms with E-state index in [0.29, 0.717) is 12.0 Å². The molecule has 2 nitrogen and oxygen atoms in total. The summed E-state index contributed by atoms with van der Waals surface area (Å²) >= 11 is 5.74. The zero-order valence-corrected chi connectivity index (χ0v) is 11.2. The van der Waals surface area contributed by atoms with Crippen LogP contribution in [0.5, 0.6) is 0 Å². The zero-order chi connectivity index (χ0) is 12.0. The van der Waals surface area contributed by atoms with Gasteiger partial charge in [0.15, 0.2) is 0 Å². The van der Waals surface area contributed by atoms with Gasteiger partial charge in [0.2, 0.25) is 0 Å². The van der Waals surface area contributed by atoms with E-state index in [0.717, 1.165) is 17.8 Å². The molecule has 4 aliphatic rings. The molecule has 4 bridgehead atoms. The summed E-state index contributed by atoms with van der Waals surface area (Å²) in [6, 6.07) is 0. The highest BCUT2D eigenvalue weighted by atomic mass is 35.5. The topological polar surface area (TPSA) is 26.3 Å². The van der Waals surface area contributed by atoms with Crippen LogP contribution in [0, 0.1) is 23.2 Å². The minimum Gasteiger partial charge on any atom is -0.464 e. The summed E-state index contributed by atoms with van der Waals surface area (Å²) in [5.74, 6) is 2.48. The molecule has 4 aliphatic carbocycles. The Morgan fingerprint density at radius 1 is 1.24 bits per heavy atom. The molecule has 0 radical (unpaired) electrons. The second-order valence-corrected chi connectivity index (χ2v) is 7.30. The van der Waals surface area contributed by atoms with E-state index in [9.17, 15) is 4.79 Å². The van der Waals surface area contributed by atoms with Crippen molar-refractivity contribution < 1.29 is 9.53 Å². The maximum absolute atomic E-state index is 11.5. The SMILES string of the molecule is CC(Cl)C(=O)OCC12CC3CC(CC(C3)C1)C2. The molecular formula is C14H21ClO2. The highest BCUT2D eigenvalue weighted by molar-refractivity contribution is 6.29. The highest BCUT2D eigenvalue weighted by Crippen LogP contribution is 2.60. The highest BCUT2D eigenvalue weighted by Gasteiger charge is 2.51. The number of hydrogen-bond acceptors (Lipinski definition) is 2. The molecule has 4 rings (SSSR count). The van der Waals surface area contributed by atoms with Crippen LogP contribution < -0.4 is 0 Å². The third-order valence-electron chi connectivity index (χ3n) is 5.01. The van der Waals surface area contributed by atoms with Crippen LogP contribution in [0.25, 0.3) is 0 Å². The van der Waals surface area contributed by atoms with Crippen LogP contribution >= 0.6 is 11.6 Å². The van der Waals surface area contributed by atoms with Gasteiger partial charge in [-0.05, 0) is 63.2 Å². The number of ether oxygens (including phenoxy) is 1. The molecule has 96 valence electrons. The molecule has 0 N–H and O–H groups in total. The average molecular weight is 257 g/mol. The molecule has 0 aromatic heterocycles. The standard InChI is InChI=1S/C14H21ClO2/c1-9(15)13(16)17-8-14-5-10-2-11(6-14)4-12(3-10)7-14/h9-12H,2-8H2,1H3. The van der Waals surface area contributed by atoms with Crippen LogP contribution in [-0.2, 0) is 9.53 Å². The maximum Gasteiger partial charge on any atom is 0.323 e. The Morgan fingerprint density at radius 3 is 2.12 bits per heavy atom. The monoisotopic (exact) mass is 256 g/mol. The molecule has 0 amide bonds. The summed E-state index contributed by atoms with van der Waals surface area (Å²) in [4.78, 5) is 11.5. The normalized spacial score (nSPS) is 44.7. The lowest BCUT2D eigenvalue weighted by Crippen LogP contribution is -2.48. The molecule has 1 unspecified atom stereocenters. The summed E-state index contributed by atoms with van der Waals surface area (Å²) in [5.41, 5.74) is 0.316. The number of hydrogen-bond donors (Lipinski definition) is 0. The van der Waals surface area contributed by atoms with Crippen molar-refractivity contribution in [2.45, 2.75) is 50.8 Å². The van der Waals surface area contributed by atoms with E-state index < -0.39 is 5.38 Å². The van der Waals surface area contributed by atoms with Crippen LogP contribution in [0.15, 0.2) is 0 Å². The second-order valence-electron chi connectivity index (χ2n) is 6.64. The van der Waals surface area contributed by atoms with Crippen molar-refractivity contribution in [3.05, 3.63) is 0 Å². The zero-order valence-electron chi connectivity index (χ0n) is 10.5. The van der Waals surface area contributed by atoms with Gasteiger partial charge in [-0.3, -0.25) is 4.79 Å². The predicted molar refractivity (Wildman–Crippen MR) is 66.9 cm³/mol. The molecule has 0 saturated heterocycles. The first-order valence-electron chi connectivity index (χ1n) is 6.87. The Hall–Kier alpha value is -0.240. The third kappa shape index (κ3) is 2.21. The molecule has 0 heterocycles. The molecule has 0 spiro atoms. The minimum atomic E-state index is -0.510. The van der Waals surface area contributed by atoms with Crippen LogP contribution in [-0.4, -0.2) is 18.0 Å². The van der Waals surface area contributed by atoms with Crippen molar-refractivity contribution >= 4 is 17.6 Å². The van der Waals surface area contributed by atoms with E-state index in [1.54, 1.807) is 6.92 Å². The second kappa shape index (κ2) is 4.15. The van der Waals surface area contributed by atoms with E-state index in [1.807, 2.05) is 0 Å². The number of halogens is 1. The van der Waals surface area contributed by atoms with Crippen molar-refractivity contribution in [1.82, 2.24) is 0 Å². The van der Waals surface area contributed by atoms with Gasteiger partial charge in [0, 0.05) is 5.41 Å². The fourth-order valence-electron chi connectivity index (χ4n) is 4.81. The largest absolute Gasteiger partial charge is 0.464 e. The molecule has 17 heavy (non-hydrogen) atoms. The molecule has 3 heteroatoms. The van der Waals surface area contributed by atoms with Gasteiger partial charge in [-0.15, -0.1) is 11.6 Å². The van der Waals surface area contributed by atoms with Crippen molar-refractivity contribution in [3.63, 3.8) is 0 Å². The smallest absolute Gasteiger partial charge is 0.323 e. The summed E-state index contributed by atoms with van der Waals surface area (Å²) < 4.78 is 5.42. The van der Waals surface area contributed by atoms with Gasteiger partial charge < -0.3 is 4.74 Å². The number of rotatable bonds is 3. The molecule has 1 atom stereocenters.